The largest absolute Gasteiger partial charge is 0.364 e. The van der Waals surface area contributed by atoms with Crippen molar-refractivity contribution < 1.29 is 14.0 Å². The van der Waals surface area contributed by atoms with Gasteiger partial charge in [-0.05, 0) is 19.3 Å². The Bertz CT molecular complexity index is 761. The molecule has 1 saturated heterocycles. The lowest BCUT2D eigenvalue weighted by molar-refractivity contribution is 0.0931. The van der Waals surface area contributed by atoms with Crippen molar-refractivity contribution in [2.75, 3.05) is 18.0 Å². The van der Waals surface area contributed by atoms with Crippen molar-refractivity contribution in [3.8, 4) is 0 Å². The molecule has 0 unspecified atom stereocenters. The molecule has 10 heteroatoms. The summed E-state index contributed by atoms with van der Waals surface area (Å²) in [6.07, 6.45) is 5.12. The lowest BCUT2D eigenvalue weighted by atomic mass is 10.1. The average molecular weight is 347 g/mol. The van der Waals surface area contributed by atoms with E-state index in [-0.39, 0.29) is 23.3 Å². The highest BCUT2D eigenvalue weighted by Gasteiger charge is 2.22. The van der Waals surface area contributed by atoms with Gasteiger partial charge in [-0.15, -0.1) is 0 Å². The number of aromatic nitrogens is 4. The zero-order valence-corrected chi connectivity index (χ0v) is 13.4. The Hall–Kier alpha value is -3.04. The van der Waals surface area contributed by atoms with Gasteiger partial charge in [-0.2, -0.15) is 9.49 Å². The normalized spacial score (nSPS) is 17.8. The van der Waals surface area contributed by atoms with Crippen molar-refractivity contribution in [2.45, 2.75) is 25.3 Å². The number of halogens is 1. The van der Waals surface area contributed by atoms with Gasteiger partial charge >= 0.3 is 0 Å². The summed E-state index contributed by atoms with van der Waals surface area (Å²) in [4.78, 5) is 33.0. The van der Waals surface area contributed by atoms with E-state index >= 15 is 0 Å². The molecule has 1 atom stereocenters. The van der Waals surface area contributed by atoms with Crippen LogP contribution in [0.4, 0.5) is 10.2 Å². The zero-order chi connectivity index (χ0) is 17.8. The van der Waals surface area contributed by atoms with Crippen molar-refractivity contribution >= 4 is 17.6 Å². The maximum Gasteiger partial charge on any atom is 0.269 e. The van der Waals surface area contributed by atoms with Crippen LogP contribution in [0.25, 0.3) is 0 Å². The molecule has 2 aromatic rings. The molecule has 25 heavy (non-hydrogen) atoms. The molecule has 0 saturated carbocycles. The van der Waals surface area contributed by atoms with Crippen LogP contribution in [-0.4, -0.2) is 51.1 Å². The lowest BCUT2D eigenvalue weighted by Crippen LogP contribution is -2.43. The number of rotatable bonds is 4. The Balaban J connectivity index is 1.67. The van der Waals surface area contributed by atoms with Crippen molar-refractivity contribution in [3.05, 3.63) is 35.8 Å². The fourth-order valence-corrected chi connectivity index (χ4v) is 2.76. The number of nitrogens with one attached hydrogen (secondary N) is 2. The van der Waals surface area contributed by atoms with Gasteiger partial charge in [0.2, 0.25) is 5.95 Å². The first-order valence-corrected chi connectivity index (χ1v) is 7.91. The molecule has 3 heterocycles. The third-order valence-corrected chi connectivity index (χ3v) is 4.01. The number of anilines is 1. The molecule has 0 radical (unpaired) electrons. The van der Waals surface area contributed by atoms with Crippen LogP contribution in [0.1, 0.15) is 40.2 Å². The SMILES string of the molecule is NC(=O)c1cc(C(=O)N[C@H]2CCCCN(c3cnc(F)cn3)C2)[nH]n1. The number of nitrogens with zero attached hydrogens (tertiary/aromatic N) is 4. The average Bonchev–Trinajstić information content (AvgIpc) is 2.98. The van der Waals surface area contributed by atoms with E-state index < -0.39 is 11.9 Å². The van der Waals surface area contributed by atoms with E-state index in [0.29, 0.717) is 12.4 Å². The first-order valence-electron chi connectivity index (χ1n) is 7.91. The number of carbonyl (C=O) groups excluding carboxylic acids is 2. The number of aromatic amines is 1. The number of hydrogen-bond acceptors (Lipinski definition) is 6. The number of nitrogens with two attached hydrogens (primary N) is 1. The van der Waals surface area contributed by atoms with Gasteiger partial charge in [0.15, 0.2) is 5.69 Å². The summed E-state index contributed by atoms with van der Waals surface area (Å²) in [5, 5.41) is 9.11. The van der Waals surface area contributed by atoms with E-state index in [1.54, 1.807) is 0 Å². The maximum atomic E-state index is 12.9. The molecular formula is C15H18FN7O2. The van der Waals surface area contributed by atoms with Crippen molar-refractivity contribution in [1.82, 2.24) is 25.5 Å². The van der Waals surface area contributed by atoms with E-state index in [1.165, 1.54) is 12.3 Å². The highest BCUT2D eigenvalue weighted by Crippen LogP contribution is 2.17. The number of carbonyl (C=O) groups is 2. The van der Waals surface area contributed by atoms with Gasteiger partial charge in [0.25, 0.3) is 11.8 Å². The molecule has 0 spiro atoms. The highest BCUT2D eigenvalue weighted by molar-refractivity contribution is 5.97. The van der Waals surface area contributed by atoms with Crippen LogP contribution in [0.5, 0.6) is 0 Å². The number of amides is 2. The minimum Gasteiger partial charge on any atom is -0.364 e. The van der Waals surface area contributed by atoms with Gasteiger partial charge in [0.1, 0.15) is 11.5 Å². The van der Waals surface area contributed by atoms with Crippen LogP contribution >= 0.6 is 0 Å². The zero-order valence-electron chi connectivity index (χ0n) is 13.4. The van der Waals surface area contributed by atoms with Crippen molar-refractivity contribution in [3.63, 3.8) is 0 Å². The first kappa shape index (κ1) is 16.8. The minimum atomic E-state index is -0.703. The summed E-state index contributed by atoms with van der Waals surface area (Å²) in [6, 6.07) is 1.19. The quantitative estimate of drug-likeness (QED) is 0.726. The predicted octanol–water partition coefficient (Wildman–Crippen LogP) is 0.227. The summed E-state index contributed by atoms with van der Waals surface area (Å²) in [5.74, 6) is -1.13. The summed E-state index contributed by atoms with van der Waals surface area (Å²) < 4.78 is 12.9. The van der Waals surface area contributed by atoms with Crippen LogP contribution in [0.3, 0.4) is 0 Å². The summed E-state index contributed by atoms with van der Waals surface area (Å²) in [6.45, 7) is 1.28. The van der Waals surface area contributed by atoms with Crippen LogP contribution in [0, 0.1) is 5.95 Å². The molecule has 0 aliphatic carbocycles. The molecule has 1 aliphatic rings. The maximum absolute atomic E-state index is 12.9. The molecule has 2 aromatic heterocycles. The fraction of sp³-hybridized carbons (Fsp3) is 0.400. The van der Waals surface area contributed by atoms with Gasteiger partial charge in [0.05, 0.1) is 12.4 Å². The van der Waals surface area contributed by atoms with Crippen molar-refractivity contribution in [2.24, 2.45) is 5.73 Å². The predicted molar refractivity (Wildman–Crippen MR) is 86.4 cm³/mol. The van der Waals surface area contributed by atoms with Crippen LogP contribution in [-0.2, 0) is 0 Å². The molecule has 0 bridgehead atoms. The van der Waals surface area contributed by atoms with Crippen LogP contribution in [0.2, 0.25) is 0 Å². The summed E-state index contributed by atoms with van der Waals surface area (Å²) in [7, 11) is 0. The number of primary amides is 1. The van der Waals surface area contributed by atoms with E-state index in [2.05, 4.69) is 25.5 Å². The molecule has 9 nitrogen and oxygen atoms in total. The smallest absolute Gasteiger partial charge is 0.269 e. The second-order valence-electron chi connectivity index (χ2n) is 5.84. The topological polar surface area (TPSA) is 130 Å². The molecule has 3 rings (SSSR count). The molecular weight excluding hydrogens is 329 g/mol. The third kappa shape index (κ3) is 4.08. The lowest BCUT2D eigenvalue weighted by Gasteiger charge is -2.25. The van der Waals surface area contributed by atoms with Crippen molar-refractivity contribution in [1.29, 1.82) is 0 Å². The minimum absolute atomic E-state index is 0.00855. The van der Waals surface area contributed by atoms with Crippen LogP contribution in [0.15, 0.2) is 18.5 Å². The third-order valence-electron chi connectivity index (χ3n) is 4.01. The van der Waals surface area contributed by atoms with E-state index in [4.69, 9.17) is 5.73 Å². The number of H-pyrrole nitrogens is 1. The van der Waals surface area contributed by atoms with E-state index in [0.717, 1.165) is 32.0 Å². The van der Waals surface area contributed by atoms with Gasteiger partial charge in [-0.25, -0.2) is 9.97 Å². The van der Waals surface area contributed by atoms with Gasteiger partial charge < -0.3 is 16.0 Å². The molecule has 1 aliphatic heterocycles. The number of hydrogen-bond donors (Lipinski definition) is 3. The summed E-state index contributed by atoms with van der Waals surface area (Å²) >= 11 is 0. The summed E-state index contributed by atoms with van der Waals surface area (Å²) in [5.41, 5.74) is 5.31. The second-order valence-corrected chi connectivity index (χ2v) is 5.84. The monoisotopic (exact) mass is 347 g/mol. The van der Waals surface area contributed by atoms with E-state index in [1.807, 2.05) is 4.90 Å². The standard InChI is InChI=1S/C15H18FN7O2/c16-12-6-19-13(7-18-12)23-4-2-1-3-9(8-23)20-15(25)11-5-10(14(17)24)21-22-11/h5-7,9H,1-4,8H2,(H2,17,24)(H,20,25)(H,21,22)/t9-/m0/s1. The molecule has 1 fully saturated rings. The molecule has 2 amide bonds. The Labute approximate surface area is 142 Å². The van der Waals surface area contributed by atoms with E-state index in [9.17, 15) is 14.0 Å². The molecule has 4 N–H and O–H groups in total. The first-order chi connectivity index (χ1) is 12.0. The Morgan fingerprint density at radius 1 is 1.32 bits per heavy atom. The molecule has 132 valence electrons. The second kappa shape index (κ2) is 7.24. The Morgan fingerprint density at radius 3 is 2.84 bits per heavy atom. The Morgan fingerprint density at radius 2 is 2.16 bits per heavy atom. The molecule has 0 aromatic carbocycles. The van der Waals surface area contributed by atoms with Gasteiger partial charge in [0, 0.05) is 25.2 Å². The highest BCUT2D eigenvalue weighted by atomic mass is 19.1. The van der Waals surface area contributed by atoms with Gasteiger partial charge in [-0.1, -0.05) is 0 Å². The fourth-order valence-electron chi connectivity index (χ4n) is 2.76. The van der Waals surface area contributed by atoms with Gasteiger partial charge in [-0.3, -0.25) is 14.7 Å². The Kier molecular flexibility index (Phi) is 4.87. The van der Waals surface area contributed by atoms with Crippen LogP contribution < -0.4 is 16.0 Å².